The average molecular weight is 330 g/mol. The van der Waals surface area contributed by atoms with E-state index in [0.717, 1.165) is 24.3 Å². The van der Waals surface area contributed by atoms with Gasteiger partial charge in [-0.05, 0) is 29.5 Å². The summed E-state index contributed by atoms with van der Waals surface area (Å²) >= 11 is 3.62. The van der Waals surface area contributed by atoms with E-state index < -0.39 is 0 Å². The van der Waals surface area contributed by atoms with Crippen molar-refractivity contribution in [1.82, 2.24) is 5.01 Å². The predicted molar refractivity (Wildman–Crippen MR) is 93.9 cm³/mol. The van der Waals surface area contributed by atoms with Crippen molar-refractivity contribution in [1.29, 1.82) is 0 Å². The molecule has 1 aromatic carbocycles. The smallest absolute Gasteiger partial charge is 0.188 e. The Bertz CT molecular complexity index is 684. The van der Waals surface area contributed by atoms with E-state index in [1.54, 1.807) is 11.3 Å². The Morgan fingerprint density at radius 1 is 1.32 bits per heavy atom. The highest BCUT2D eigenvalue weighted by Crippen LogP contribution is 2.43. The minimum Gasteiger partial charge on any atom is -0.469 e. The molecule has 0 radical (unpaired) electrons. The summed E-state index contributed by atoms with van der Waals surface area (Å²) in [6.45, 7) is 0. The summed E-state index contributed by atoms with van der Waals surface area (Å²) in [6.07, 6.45) is 4.15. The van der Waals surface area contributed by atoms with Crippen LogP contribution in [-0.4, -0.2) is 29.0 Å². The highest BCUT2D eigenvalue weighted by atomic mass is 32.2. The number of ether oxygens (including phenoxy) is 1. The zero-order valence-electron chi connectivity index (χ0n) is 12.4. The van der Waals surface area contributed by atoms with Gasteiger partial charge in [0, 0.05) is 18.4 Å². The van der Waals surface area contributed by atoms with E-state index in [-0.39, 0.29) is 6.23 Å². The highest BCUT2D eigenvalue weighted by Gasteiger charge is 2.39. The zero-order valence-corrected chi connectivity index (χ0v) is 14.1. The summed E-state index contributed by atoms with van der Waals surface area (Å²) in [6, 6.07) is 13.0. The van der Waals surface area contributed by atoms with Gasteiger partial charge in [0.25, 0.3) is 0 Å². The summed E-state index contributed by atoms with van der Waals surface area (Å²) in [5.41, 5.74) is 2.45. The molecule has 2 aromatic rings. The monoisotopic (exact) mass is 330 g/mol. The molecule has 0 unspecified atom stereocenters. The summed E-state index contributed by atoms with van der Waals surface area (Å²) in [7, 11) is 0. The molecule has 3 heterocycles. The fraction of sp³-hybridized carbons (Fsp3) is 0.353. The van der Waals surface area contributed by atoms with Gasteiger partial charge in [-0.2, -0.15) is 16.9 Å². The van der Waals surface area contributed by atoms with E-state index in [1.165, 1.54) is 16.2 Å². The first kappa shape index (κ1) is 14.2. The lowest BCUT2D eigenvalue weighted by Gasteiger charge is -2.38. The first-order chi connectivity index (χ1) is 10.9. The topological polar surface area (TPSA) is 24.8 Å². The number of hydrogen-bond donors (Lipinski definition) is 0. The van der Waals surface area contributed by atoms with Crippen LogP contribution in [0.25, 0.3) is 0 Å². The Morgan fingerprint density at radius 3 is 3.05 bits per heavy atom. The largest absolute Gasteiger partial charge is 0.469 e. The van der Waals surface area contributed by atoms with Crippen molar-refractivity contribution in [2.45, 2.75) is 25.1 Å². The Balaban J connectivity index is 1.69. The molecule has 2 aliphatic rings. The number of fused-ring (bicyclic) bond motifs is 3. The molecule has 22 heavy (non-hydrogen) atoms. The van der Waals surface area contributed by atoms with Crippen LogP contribution in [0.5, 0.6) is 5.75 Å². The highest BCUT2D eigenvalue weighted by molar-refractivity contribution is 7.98. The van der Waals surface area contributed by atoms with Gasteiger partial charge in [-0.15, -0.1) is 11.3 Å². The lowest BCUT2D eigenvalue weighted by molar-refractivity contribution is -0.0180. The number of thiophene rings is 1. The van der Waals surface area contributed by atoms with Gasteiger partial charge in [-0.25, -0.2) is 0 Å². The molecule has 0 N–H and O–H groups in total. The van der Waals surface area contributed by atoms with Gasteiger partial charge < -0.3 is 4.74 Å². The summed E-state index contributed by atoms with van der Waals surface area (Å²) < 4.78 is 6.22. The molecule has 0 amide bonds. The van der Waals surface area contributed by atoms with Crippen LogP contribution < -0.4 is 4.74 Å². The third-order valence-corrected chi connectivity index (χ3v) is 5.72. The summed E-state index contributed by atoms with van der Waals surface area (Å²) in [5, 5.41) is 9.22. The molecule has 0 spiro atoms. The van der Waals surface area contributed by atoms with Crippen LogP contribution in [0.4, 0.5) is 0 Å². The van der Waals surface area contributed by atoms with E-state index in [1.807, 2.05) is 11.8 Å². The number of para-hydroxylation sites is 1. The maximum atomic E-state index is 6.22. The quantitative estimate of drug-likeness (QED) is 0.832. The van der Waals surface area contributed by atoms with Crippen LogP contribution in [0.2, 0.25) is 0 Å². The maximum absolute atomic E-state index is 6.22. The zero-order chi connectivity index (χ0) is 14.9. The lowest BCUT2D eigenvalue weighted by atomic mass is 9.98. The molecule has 1 aromatic heterocycles. The van der Waals surface area contributed by atoms with Crippen LogP contribution in [0.3, 0.4) is 0 Å². The number of hydrazone groups is 1. The van der Waals surface area contributed by atoms with Crippen molar-refractivity contribution < 1.29 is 4.74 Å². The van der Waals surface area contributed by atoms with Crippen molar-refractivity contribution in [2.24, 2.45) is 5.10 Å². The molecule has 0 bridgehead atoms. The fourth-order valence-corrected chi connectivity index (χ4v) is 4.27. The molecule has 3 nitrogen and oxygen atoms in total. The predicted octanol–water partition coefficient (Wildman–Crippen LogP) is 4.37. The number of hydrogen-bond acceptors (Lipinski definition) is 5. The van der Waals surface area contributed by atoms with Gasteiger partial charge in [0.2, 0.25) is 0 Å². The fourth-order valence-electron chi connectivity index (χ4n) is 3.11. The summed E-state index contributed by atoms with van der Waals surface area (Å²) in [5.74, 6) is 2.11. The first-order valence-electron chi connectivity index (χ1n) is 7.51. The third kappa shape index (κ3) is 2.42. The minimum absolute atomic E-state index is 0.0461. The number of benzene rings is 1. The lowest BCUT2D eigenvalue weighted by Crippen LogP contribution is -2.40. The second-order valence-electron chi connectivity index (χ2n) is 5.52. The van der Waals surface area contributed by atoms with Crippen LogP contribution in [0.15, 0.2) is 46.9 Å². The minimum atomic E-state index is 0.0461. The van der Waals surface area contributed by atoms with E-state index in [2.05, 4.69) is 53.0 Å². The maximum Gasteiger partial charge on any atom is 0.188 e. The molecule has 0 saturated heterocycles. The molecule has 114 valence electrons. The average Bonchev–Trinajstić information content (AvgIpc) is 3.21. The Hall–Kier alpha value is -1.46. The van der Waals surface area contributed by atoms with Gasteiger partial charge in [-0.1, -0.05) is 24.3 Å². The van der Waals surface area contributed by atoms with Crippen LogP contribution in [0.1, 0.15) is 29.3 Å². The second kappa shape index (κ2) is 5.97. The number of thioether (sulfide) groups is 1. The molecule has 5 heteroatoms. The third-order valence-electron chi connectivity index (χ3n) is 4.15. The first-order valence-corrected chi connectivity index (χ1v) is 9.78. The van der Waals surface area contributed by atoms with Crippen LogP contribution in [0, 0.1) is 0 Å². The molecule has 2 aliphatic heterocycles. The standard InChI is InChI=1S/C17H18N2OS2/c1-21-10-8-17-19-14(12-5-2-3-6-15(12)20-17)11-13(18-19)16-7-4-9-22-16/h2-7,9,14,17H,8,10-11H2,1H3/t14-,17-/m1/s1. The van der Waals surface area contributed by atoms with E-state index in [4.69, 9.17) is 9.84 Å². The van der Waals surface area contributed by atoms with E-state index >= 15 is 0 Å². The molecular formula is C17H18N2OS2. The Kier molecular flexibility index (Phi) is 3.84. The molecule has 0 aliphatic carbocycles. The van der Waals surface area contributed by atoms with Gasteiger partial charge in [0.1, 0.15) is 5.75 Å². The van der Waals surface area contributed by atoms with Crippen molar-refractivity contribution >= 4 is 28.8 Å². The van der Waals surface area contributed by atoms with Crippen molar-refractivity contribution in [2.75, 3.05) is 12.0 Å². The van der Waals surface area contributed by atoms with Crippen molar-refractivity contribution in [3.63, 3.8) is 0 Å². The van der Waals surface area contributed by atoms with Crippen LogP contribution in [-0.2, 0) is 0 Å². The SMILES string of the molecule is CSCC[C@H]1Oc2ccccc2[C@H]2CC(c3cccs3)=NN21. The second-order valence-corrected chi connectivity index (χ2v) is 7.45. The molecule has 4 rings (SSSR count). The van der Waals surface area contributed by atoms with Gasteiger partial charge in [0.15, 0.2) is 6.23 Å². The number of nitrogens with zero attached hydrogens (tertiary/aromatic N) is 2. The van der Waals surface area contributed by atoms with Gasteiger partial charge in [-0.3, -0.25) is 5.01 Å². The molecule has 0 saturated carbocycles. The van der Waals surface area contributed by atoms with E-state index in [0.29, 0.717) is 6.04 Å². The van der Waals surface area contributed by atoms with Crippen molar-refractivity contribution in [3.05, 3.63) is 52.2 Å². The van der Waals surface area contributed by atoms with Crippen molar-refractivity contribution in [3.8, 4) is 5.75 Å². The van der Waals surface area contributed by atoms with Gasteiger partial charge >= 0.3 is 0 Å². The Morgan fingerprint density at radius 2 is 2.23 bits per heavy atom. The number of rotatable bonds is 4. The molecular weight excluding hydrogens is 312 g/mol. The Labute approximate surface area is 139 Å². The molecule has 2 atom stereocenters. The van der Waals surface area contributed by atoms with Gasteiger partial charge in [0.05, 0.1) is 16.6 Å². The molecule has 0 fully saturated rings. The van der Waals surface area contributed by atoms with Crippen LogP contribution >= 0.6 is 23.1 Å². The van der Waals surface area contributed by atoms with E-state index in [9.17, 15) is 0 Å². The summed E-state index contributed by atoms with van der Waals surface area (Å²) in [4.78, 5) is 1.27. The normalized spacial score (nSPS) is 22.8.